The van der Waals surface area contributed by atoms with Gasteiger partial charge in [0.1, 0.15) is 0 Å². The minimum Gasteiger partial charge on any atom is -0.249 e. The molecule has 0 radical (unpaired) electrons. The summed E-state index contributed by atoms with van der Waals surface area (Å²) in [6, 6.07) is 0. The van der Waals surface area contributed by atoms with E-state index in [-0.39, 0.29) is 4.21 Å². The van der Waals surface area contributed by atoms with Crippen molar-refractivity contribution in [3.05, 3.63) is 11.2 Å². The van der Waals surface area contributed by atoms with Crippen LogP contribution in [0.5, 0.6) is 0 Å². The van der Waals surface area contributed by atoms with Crippen LogP contribution >= 0.6 is 22.9 Å². The summed E-state index contributed by atoms with van der Waals surface area (Å²) < 4.78 is 25.6. The molecule has 0 saturated heterocycles. The van der Waals surface area contributed by atoms with Crippen molar-refractivity contribution in [2.24, 2.45) is 0 Å². The van der Waals surface area contributed by atoms with Gasteiger partial charge in [-0.1, -0.05) is 6.92 Å². The summed E-state index contributed by atoms with van der Waals surface area (Å²) in [7, 11) is -3.39. The molecule has 4 nitrogen and oxygen atoms in total. The summed E-state index contributed by atoms with van der Waals surface area (Å²) in [5, 5.41) is 0.746. The average molecular weight is 269 g/mol. The van der Waals surface area contributed by atoms with Gasteiger partial charge < -0.3 is 0 Å². The summed E-state index contributed by atoms with van der Waals surface area (Å²) in [4.78, 5) is 3.94. The highest BCUT2D eigenvalue weighted by atomic mass is 35.5. The molecule has 0 aliphatic heterocycles. The molecule has 0 aliphatic carbocycles. The minimum absolute atomic E-state index is 0.284. The second-order valence-corrected chi connectivity index (χ2v) is 6.66. The first kappa shape index (κ1) is 12.9. The standard InChI is InChI=1S/C8H13ClN2O2S2/c1-3-11(5-4-9)15(12,13)8-6-10-7(2)14-8/h6H,3-5H2,1-2H3. The molecule has 7 heteroatoms. The van der Waals surface area contributed by atoms with Crippen molar-refractivity contribution >= 4 is 33.0 Å². The van der Waals surface area contributed by atoms with E-state index in [1.807, 2.05) is 0 Å². The summed E-state index contributed by atoms with van der Waals surface area (Å²) >= 11 is 6.74. The Balaban J connectivity index is 3.00. The zero-order chi connectivity index (χ0) is 11.5. The number of aryl methyl sites for hydroxylation is 1. The number of rotatable bonds is 5. The van der Waals surface area contributed by atoms with Gasteiger partial charge in [-0.3, -0.25) is 0 Å². The maximum Gasteiger partial charge on any atom is 0.254 e. The molecule has 0 atom stereocenters. The smallest absolute Gasteiger partial charge is 0.249 e. The molecule has 86 valence electrons. The van der Waals surface area contributed by atoms with Gasteiger partial charge in [0.15, 0.2) is 4.21 Å². The van der Waals surface area contributed by atoms with Gasteiger partial charge >= 0.3 is 0 Å². The van der Waals surface area contributed by atoms with Crippen molar-refractivity contribution in [3.8, 4) is 0 Å². The summed E-state index contributed by atoms with van der Waals surface area (Å²) in [6.07, 6.45) is 1.40. The second-order valence-electron chi connectivity index (χ2n) is 2.88. The first-order valence-electron chi connectivity index (χ1n) is 4.51. The molecule has 0 fully saturated rings. The van der Waals surface area contributed by atoms with E-state index >= 15 is 0 Å². The van der Waals surface area contributed by atoms with Crippen LogP contribution in [0.1, 0.15) is 11.9 Å². The third-order valence-electron chi connectivity index (χ3n) is 1.88. The monoisotopic (exact) mass is 268 g/mol. The zero-order valence-corrected chi connectivity index (χ0v) is 11.0. The van der Waals surface area contributed by atoms with Crippen LogP contribution in [0, 0.1) is 6.92 Å². The predicted octanol–water partition coefficient (Wildman–Crippen LogP) is 1.70. The highest BCUT2D eigenvalue weighted by molar-refractivity contribution is 7.91. The molecule has 1 rings (SSSR count). The highest BCUT2D eigenvalue weighted by Gasteiger charge is 2.24. The Labute approximate surface area is 98.9 Å². The molecule has 1 heterocycles. The molecular weight excluding hydrogens is 256 g/mol. The SMILES string of the molecule is CCN(CCCl)S(=O)(=O)c1cnc(C)s1. The Kier molecular flexibility index (Phi) is 4.51. The maximum atomic E-state index is 12.0. The van der Waals surface area contributed by atoms with Gasteiger partial charge in [0, 0.05) is 19.0 Å². The van der Waals surface area contributed by atoms with Gasteiger partial charge in [0.25, 0.3) is 10.0 Å². The fourth-order valence-corrected chi connectivity index (χ4v) is 4.15. The van der Waals surface area contributed by atoms with E-state index in [4.69, 9.17) is 11.6 Å². The second kappa shape index (κ2) is 5.25. The fourth-order valence-electron chi connectivity index (χ4n) is 1.13. The van der Waals surface area contributed by atoms with Crippen molar-refractivity contribution in [2.45, 2.75) is 18.1 Å². The van der Waals surface area contributed by atoms with Gasteiger partial charge in [-0.2, -0.15) is 4.31 Å². The molecule has 0 bridgehead atoms. The number of thiazole rings is 1. The molecule has 0 N–H and O–H groups in total. The van der Waals surface area contributed by atoms with E-state index in [2.05, 4.69) is 4.98 Å². The Bertz CT molecular complexity index is 416. The summed E-state index contributed by atoms with van der Waals surface area (Å²) in [6.45, 7) is 4.32. The molecule has 0 aliphatic rings. The van der Waals surface area contributed by atoms with Crippen LogP contribution in [0.2, 0.25) is 0 Å². The Morgan fingerprint density at radius 2 is 2.27 bits per heavy atom. The van der Waals surface area contributed by atoms with Crippen molar-refractivity contribution in [3.63, 3.8) is 0 Å². The quantitative estimate of drug-likeness (QED) is 0.764. The zero-order valence-electron chi connectivity index (χ0n) is 8.60. The van der Waals surface area contributed by atoms with Crippen LogP contribution in [0.15, 0.2) is 10.4 Å². The molecule has 0 saturated carbocycles. The third-order valence-corrected chi connectivity index (χ3v) is 5.37. The molecule has 0 spiro atoms. The number of hydrogen-bond acceptors (Lipinski definition) is 4. The van der Waals surface area contributed by atoms with Gasteiger partial charge in [-0.15, -0.1) is 22.9 Å². The van der Waals surface area contributed by atoms with E-state index in [9.17, 15) is 8.42 Å². The van der Waals surface area contributed by atoms with E-state index < -0.39 is 10.0 Å². The molecule has 15 heavy (non-hydrogen) atoms. The largest absolute Gasteiger partial charge is 0.254 e. The number of nitrogens with zero attached hydrogens (tertiary/aromatic N) is 2. The lowest BCUT2D eigenvalue weighted by molar-refractivity contribution is 0.448. The minimum atomic E-state index is -3.39. The first-order chi connectivity index (χ1) is 7.02. The normalized spacial score (nSPS) is 12.3. The Hall–Kier alpha value is -0.170. The van der Waals surface area contributed by atoms with Crippen molar-refractivity contribution in [2.75, 3.05) is 19.0 Å². The molecule has 1 aromatic heterocycles. The molecule has 0 amide bonds. The lowest BCUT2D eigenvalue weighted by Gasteiger charge is -2.17. The van der Waals surface area contributed by atoms with Crippen LogP contribution in [0.25, 0.3) is 0 Å². The molecule has 1 aromatic rings. The van der Waals surface area contributed by atoms with E-state index in [1.54, 1.807) is 13.8 Å². The van der Waals surface area contributed by atoms with Gasteiger partial charge in [-0.05, 0) is 6.92 Å². The lowest BCUT2D eigenvalue weighted by Crippen LogP contribution is -2.32. The topological polar surface area (TPSA) is 50.3 Å². The number of halogens is 1. The van der Waals surface area contributed by atoms with Crippen LogP contribution in [0.3, 0.4) is 0 Å². The Morgan fingerprint density at radius 3 is 2.67 bits per heavy atom. The number of alkyl halides is 1. The van der Waals surface area contributed by atoms with Crippen molar-refractivity contribution in [1.29, 1.82) is 0 Å². The average Bonchev–Trinajstić information content (AvgIpc) is 2.61. The fraction of sp³-hybridized carbons (Fsp3) is 0.625. The van der Waals surface area contributed by atoms with Crippen molar-refractivity contribution < 1.29 is 8.42 Å². The molecular formula is C8H13ClN2O2S2. The van der Waals surface area contributed by atoms with E-state index in [1.165, 1.54) is 21.8 Å². The maximum absolute atomic E-state index is 12.0. The van der Waals surface area contributed by atoms with Crippen LogP contribution < -0.4 is 0 Å². The third kappa shape index (κ3) is 2.90. The van der Waals surface area contributed by atoms with Crippen LogP contribution in [-0.4, -0.2) is 36.7 Å². The van der Waals surface area contributed by atoms with Gasteiger partial charge in [0.05, 0.1) is 11.2 Å². The van der Waals surface area contributed by atoms with Crippen LogP contribution in [-0.2, 0) is 10.0 Å². The van der Waals surface area contributed by atoms with Gasteiger partial charge in [0.2, 0.25) is 0 Å². The summed E-state index contributed by atoms with van der Waals surface area (Å²) in [5.41, 5.74) is 0. The van der Waals surface area contributed by atoms with E-state index in [0.717, 1.165) is 5.01 Å². The predicted molar refractivity (Wildman–Crippen MR) is 62.0 cm³/mol. The van der Waals surface area contributed by atoms with Crippen LogP contribution in [0.4, 0.5) is 0 Å². The number of hydrogen-bond donors (Lipinski definition) is 0. The van der Waals surface area contributed by atoms with Gasteiger partial charge in [-0.25, -0.2) is 13.4 Å². The number of sulfonamides is 1. The number of aromatic nitrogens is 1. The first-order valence-corrected chi connectivity index (χ1v) is 7.30. The highest BCUT2D eigenvalue weighted by Crippen LogP contribution is 2.21. The molecule has 0 aromatic carbocycles. The van der Waals surface area contributed by atoms with Crippen molar-refractivity contribution in [1.82, 2.24) is 9.29 Å². The lowest BCUT2D eigenvalue weighted by atomic mass is 10.7. The molecule has 0 unspecified atom stereocenters. The Morgan fingerprint density at radius 1 is 1.60 bits per heavy atom. The van der Waals surface area contributed by atoms with E-state index in [0.29, 0.717) is 19.0 Å². The summed E-state index contributed by atoms with van der Waals surface area (Å²) in [5.74, 6) is 0.296.